The van der Waals surface area contributed by atoms with E-state index in [1.165, 1.54) is 22.0 Å². The van der Waals surface area contributed by atoms with Gasteiger partial charge in [0, 0.05) is 10.9 Å². The summed E-state index contributed by atoms with van der Waals surface area (Å²) >= 11 is 1.87. The van der Waals surface area contributed by atoms with Crippen LogP contribution in [0.25, 0.3) is 0 Å². The summed E-state index contributed by atoms with van der Waals surface area (Å²) in [5, 5.41) is 4.79. The molecule has 0 spiro atoms. The standard InChI is InChI=1S/C12H20N2S/c1-5-13-9-6-12(3,4)7-10-11(9)15-8(2)14-10/h9,13H,5-7H2,1-4H3. The molecule has 0 amide bonds. The van der Waals surface area contributed by atoms with Gasteiger partial charge in [-0.2, -0.15) is 0 Å². The summed E-state index contributed by atoms with van der Waals surface area (Å²) in [4.78, 5) is 6.14. The van der Waals surface area contributed by atoms with Crippen molar-refractivity contribution < 1.29 is 0 Å². The largest absolute Gasteiger partial charge is 0.309 e. The van der Waals surface area contributed by atoms with E-state index < -0.39 is 0 Å². The number of rotatable bonds is 2. The highest BCUT2D eigenvalue weighted by Gasteiger charge is 2.34. The van der Waals surface area contributed by atoms with Gasteiger partial charge in [-0.3, -0.25) is 0 Å². The van der Waals surface area contributed by atoms with Crippen molar-refractivity contribution in [2.45, 2.75) is 46.6 Å². The van der Waals surface area contributed by atoms with E-state index in [1.807, 2.05) is 11.3 Å². The first kappa shape index (κ1) is 11.1. The van der Waals surface area contributed by atoms with Crippen LogP contribution in [0.15, 0.2) is 0 Å². The second kappa shape index (κ2) is 3.87. The average Bonchev–Trinajstić information content (AvgIpc) is 2.44. The Hall–Kier alpha value is -0.410. The molecule has 0 aliphatic heterocycles. The molecule has 0 aromatic carbocycles. The van der Waals surface area contributed by atoms with Crippen LogP contribution in [0.1, 0.15) is 48.8 Å². The van der Waals surface area contributed by atoms with Crippen LogP contribution < -0.4 is 5.32 Å². The van der Waals surface area contributed by atoms with E-state index in [2.05, 4.69) is 38.0 Å². The quantitative estimate of drug-likeness (QED) is 0.835. The summed E-state index contributed by atoms with van der Waals surface area (Å²) in [6.45, 7) is 10.0. The first-order valence-corrected chi connectivity index (χ1v) is 6.53. The Balaban J connectivity index is 2.33. The topological polar surface area (TPSA) is 24.9 Å². The van der Waals surface area contributed by atoms with Gasteiger partial charge in [-0.05, 0) is 31.7 Å². The molecule has 1 aliphatic rings. The van der Waals surface area contributed by atoms with Gasteiger partial charge in [-0.15, -0.1) is 11.3 Å². The van der Waals surface area contributed by atoms with E-state index in [4.69, 9.17) is 0 Å². The normalized spacial score (nSPS) is 23.9. The van der Waals surface area contributed by atoms with Gasteiger partial charge in [-0.25, -0.2) is 4.98 Å². The molecule has 3 heteroatoms. The number of hydrogen-bond donors (Lipinski definition) is 1. The van der Waals surface area contributed by atoms with E-state index in [0.717, 1.165) is 13.0 Å². The lowest BCUT2D eigenvalue weighted by Gasteiger charge is -2.34. The zero-order valence-electron chi connectivity index (χ0n) is 10.1. The van der Waals surface area contributed by atoms with Crippen LogP contribution >= 0.6 is 11.3 Å². The van der Waals surface area contributed by atoms with E-state index in [1.54, 1.807) is 0 Å². The average molecular weight is 224 g/mol. The lowest BCUT2D eigenvalue weighted by Crippen LogP contribution is -2.32. The smallest absolute Gasteiger partial charge is 0.0900 e. The van der Waals surface area contributed by atoms with Crippen LogP contribution in [0, 0.1) is 12.3 Å². The molecule has 0 saturated carbocycles. The van der Waals surface area contributed by atoms with Gasteiger partial charge in [0.2, 0.25) is 0 Å². The maximum atomic E-state index is 4.66. The van der Waals surface area contributed by atoms with Gasteiger partial charge in [0.1, 0.15) is 0 Å². The Bertz CT molecular complexity index is 355. The Morgan fingerprint density at radius 1 is 1.53 bits per heavy atom. The lowest BCUT2D eigenvalue weighted by atomic mass is 9.76. The van der Waals surface area contributed by atoms with Crippen molar-refractivity contribution in [3.05, 3.63) is 15.6 Å². The molecule has 1 N–H and O–H groups in total. The molecule has 1 heterocycles. The van der Waals surface area contributed by atoms with E-state index >= 15 is 0 Å². The van der Waals surface area contributed by atoms with E-state index in [0.29, 0.717) is 11.5 Å². The van der Waals surface area contributed by atoms with Crippen molar-refractivity contribution in [1.29, 1.82) is 0 Å². The number of nitrogens with zero attached hydrogens (tertiary/aromatic N) is 1. The number of thiazole rings is 1. The minimum Gasteiger partial charge on any atom is -0.309 e. The van der Waals surface area contributed by atoms with Crippen molar-refractivity contribution in [2.75, 3.05) is 6.54 Å². The molecule has 1 aliphatic carbocycles. The maximum Gasteiger partial charge on any atom is 0.0900 e. The lowest BCUT2D eigenvalue weighted by molar-refractivity contribution is 0.260. The van der Waals surface area contributed by atoms with Gasteiger partial charge in [0.15, 0.2) is 0 Å². The summed E-state index contributed by atoms with van der Waals surface area (Å²) in [5.41, 5.74) is 1.72. The molecular weight excluding hydrogens is 204 g/mol. The van der Waals surface area contributed by atoms with Crippen LogP contribution in [0.2, 0.25) is 0 Å². The minimum absolute atomic E-state index is 0.389. The Morgan fingerprint density at radius 3 is 2.93 bits per heavy atom. The molecule has 1 aromatic rings. The SMILES string of the molecule is CCNC1CC(C)(C)Cc2nc(C)sc21. The Kier molecular flexibility index (Phi) is 2.86. The van der Waals surface area contributed by atoms with Crippen LogP contribution in [-0.4, -0.2) is 11.5 Å². The van der Waals surface area contributed by atoms with Gasteiger partial charge >= 0.3 is 0 Å². The van der Waals surface area contributed by atoms with Crippen molar-refractivity contribution in [3.8, 4) is 0 Å². The fraction of sp³-hybridized carbons (Fsp3) is 0.750. The summed E-state index contributed by atoms with van der Waals surface area (Å²) in [6, 6.07) is 0.528. The molecule has 15 heavy (non-hydrogen) atoms. The predicted molar refractivity (Wildman–Crippen MR) is 65.4 cm³/mol. The molecule has 1 atom stereocenters. The summed E-state index contributed by atoms with van der Waals surface area (Å²) in [7, 11) is 0. The highest BCUT2D eigenvalue weighted by molar-refractivity contribution is 7.11. The zero-order valence-corrected chi connectivity index (χ0v) is 10.9. The van der Waals surface area contributed by atoms with Crippen LogP contribution in [0.5, 0.6) is 0 Å². The van der Waals surface area contributed by atoms with Crippen molar-refractivity contribution in [2.24, 2.45) is 5.41 Å². The first-order valence-electron chi connectivity index (χ1n) is 5.71. The predicted octanol–water partition coefficient (Wildman–Crippen LogP) is 3.07. The first-order chi connectivity index (χ1) is 7.02. The summed E-state index contributed by atoms with van der Waals surface area (Å²) in [6.07, 6.45) is 2.37. The molecule has 2 nitrogen and oxygen atoms in total. The second-order valence-corrected chi connectivity index (χ2v) is 6.43. The second-order valence-electron chi connectivity index (χ2n) is 5.20. The van der Waals surface area contributed by atoms with Crippen molar-refractivity contribution in [1.82, 2.24) is 10.3 Å². The number of nitrogens with one attached hydrogen (secondary N) is 1. The molecule has 0 fully saturated rings. The van der Waals surface area contributed by atoms with Gasteiger partial charge in [0.25, 0.3) is 0 Å². The summed E-state index contributed by atoms with van der Waals surface area (Å²) < 4.78 is 0. The fourth-order valence-electron chi connectivity index (χ4n) is 2.47. The summed E-state index contributed by atoms with van der Waals surface area (Å²) in [5.74, 6) is 0. The molecule has 0 bridgehead atoms. The maximum absolute atomic E-state index is 4.66. The van der Waals surface area contributed by atoms with Crippen LogP contribution in [-0.2, 0) is 6.42 Å². The number of hydrogen-bond acceptors (Lipinski definition) is 3. The number of aromatic nitrogens is 1. The molecule has 1 aromatic heterocycles. The third kappa shape index (κ3) is 2.23. The minimum atomic E-state index is 0.389. The molecule has 2 rings (SSSR count). The van der Waals surface area contributed by atoms with E-state index in [9.17, 15) is 0 Å². The highest BCUT2D eigenvalue weighted by Crippen LogP contribution is 2.42. The van der Waals surface area contributed by atoms with Crippen LogP contribution in [0.4, 0.5) is 0 Å². The zero-order chi connectivity index (χ0) is 11.1. The van der Waals surface area contributed by atoms with Crippen LogP contribution in [0.3, 0.4) is 0 Å². The van der Waals surface area contributed by atoms with Gasteiger partial charge in [-0.1, -0.05) is 20.8 Å². The highest BCUT2D eigenvalue weighted by atomic mass is 32.1. The Morgan fingerprint density at radius 2 is 2.27 bits per heavy atom. The molecule has 1 unspecified atom stereocenters. The fourth-order valence-corrected chi connectivity index (χ4v) is 3.49. The Labute approximate surface area is 96.1 Å². The molecule has 0 saturated heterocycles. The van der Waals surface area contributed by atoms with Gasteiger partial charge in [0.05, 0.1) is 10.7 Å². The number of aryl methyl sites for hydroxylation is 1. The van der Waals surface area contributed by atoms with Crippen molar-refractivity contribution >= 4 is 11.3 Å². The monoisotopic (exact) mass is 224 g/mol. The third-order valence-corrected chi connectivity index (χ3v) is 4.13. The van der Waals surface area contributed by atoms with E-state index in [-0.39, 0.29) is 0 Å². The number of fused-ring (bicyclic) bond motifs is 1. The van der Waals surface area contributed by atoms with Crippen molar-refractivity contribution in [3.63, 3.8) is 0 Å². The molecule has 84 valence electrons. The molecular formula is C12H20N2S. The van der Waals surface area contributed by atoms with Gasteiger partial charge < -0.3 is 5.32 Å². The third-order valence-electron chi connectivity index (χ3n) is 3.00. The molecule has 0 radical (unpaired) electrons.